The van der Waals surface area contributed by atoms with Crippen molar-refractivity contribution < 1.29 is 10.2 Å². The maximum Gasteiger partial charge on any atom is 0.169 e. The summed E-state index contributed by atoms with van der Waals surface area (Å²) in [4.78, 5) is 2.07. The van der Waals surface area contributed by atoms with Gasteiger partial charge < -0.3 is 20.4 Å². The zero-order valence-corrected chi connectivity index (χ0v) is 14.7. The molecular formula is C18H19ClN2O2S. The number of hydrogen-bond acceptors (Lipinski definition) is 3. The van der Waals surface area contributed by atoms with Gasteiger partial charge in [0.2, 0.25) is 0 Å². The van der Waals surface area contributed by atoms with E-state index in [1.165, 1.54) is 6.07 Å². The zero-order valence-electron chi connectivity index (χ0n) is 13.1. The van der Waals surface area contributed by atoms with E-state index in [1.54, 1.807) is 0 Å². The molecule has 1 aliphatic rings. The van der Waals surface area contributed by atoms with Crippen LogP contribution >= 0.6 is 23.8 Å². The lowest BCUT2D eigenvalue weighted by Crippen LogP contribution is -2.43. The maximum atomic E-state index is 9.93. The van der Waals surface area contributed by atoms with Crippen LogP contribution in [0.15, 0.2) is 36.4 Å². The molecule has 0 spiro atoms. The van der Waals surface area contributed by atoms with E-state index < -0.39 is 0 Å². The van der Waals surface area contributed by atoms with Gasteiger partial charge in [0.1, 0.15) is 0 Å². The lowest BCUT2D eigenvalue weighted by Gasteiger charge is -2.31. The average Bonchev–Trinajstić information content (AvgIpc) is 2.59. The molecule has 0 fully saturated rings. The van der Waals surface area contributed by atoms with Crippen LogP contribution in [0.1, 0.15) is 16.7 Å². The van der Waals surface area contributed by atoms with Gasteiger partial charge in [0.25, 0.3) is 0 Å². The van der Waals surface area contributed by atoms with Gasteiger partial charge in [-0.1, -0.05) is 35.9 Å². The first-order valence-electron chi connectivity index (χ1n) is 7.85. The average molecular weight is 363 g/mol. The number of phenols is 2. The molecule has 3 N–H and O–H groups in total. The lowest BCUT2D eigenvalue weighted by molar-refractivity contribution is 0.363. The van der Waals surface area contributed by atoms with Gasteiger partial charge in [0.05, 0.1) is 0 Å². The molecule has 1 heterocycles. The van der Waals surface area contributed by atoms with Crippen LogP contribution in [0.5, 0.6) is 11.5 Å². The van der Waals surface area contributed by atoms with Crippen molar-refractivity contribution in [2.24, 2.45) is 0 Å². The van der Waals surface area contributed by atoms with Crippen LogP contribution in [-0.2, 0) is 19.4 Å². The number of nitrogens with one attached hydrogen (secondary N) is 1. The van der Waals surface area contributed by atoms with Crippen molar-refractivity contribution in [2.75, 3.05) is 13.1 Å². The molecule has 0 atom stereocenters. The molecule has 6 heteroatoms. The Hall–Kier alpha value is -1.98. The first-order chi connectivity index (χ1) is 11.6. The van der Waals surface area contributed by atoms with E-state index in [0.29, 0.717) is 31.2 Å². The summed E-state index contributed by atoms with van der Waals surface area (Å²) >= 11 is 11.6. The standard InChI is InChI=1S/C18H19ClN2O2S/c19-15-4-2-1-3-12(15)7-9-20-18(24)21-10-8-14-13(11-21)5-6-16(22)17(14)23/h1-6,22-23H,7-11H2,(H,20,24). The zero-order chi connectivity index (χ0) is 17.1. The normalized spacial score (nSPS) is 13.5. The number of aromatic hydroxyl groups is 2. The minimum absolute atomic E-state index is 0.00949. The molecule has 24 heavy (non-hydrogen) atoms. The lowest BCUT2D eigenvalue weighted by atomic mass is 9.98. The fourth-order valence-corrected chi connectivity index (χ4v) is 3.40. The van der Waals surface area contributed by atoms with Crippen molar-refractivity contribution >= 4 is 28.9 Å². The Balaban J connectivity index is 1.57. The van der Waals surface area contributed by atoms with Gasteiger partial charge in [-0.25, -0.2) is 0 Å². The third-order valence-electron chi connectivity index (χ3n) is 4.27. The van der Waals surface area contributed by atoms with Gasteiger partial charge in [-0.05, 0) is 48.3 Å². The van der Waals surface area contributed by atoms with Gasteiger partial charge in [-0.3, -0.25) is 0 Å². The largest absolute Gasteiger partial charge is 0.504 e. The maximum absolute atomic E-state index is 9.93. The molecule has 0 aliphatic carbocycles. The van der Waals surface area contributed by atoms with Crippen molar-refractivity contribution in [3.8, 4) is 11.5 Å². The highest BCUT2D eigenvalue weighted by atomic mass is 35.5. The highest BCUT2D eigenvalue weighted by Gasteiger charge is 2.22. The summed E-state index contributed by atoms with van der Waals surface area (Å²) in [6.45, 7) is 2.05. The Morgan fingerprint density at radius 3 is 2.79 bits per heavy atom. The minimum atomic E-state index is -0.0670. The Bertz CT molecular complexity index is 767. The van der Waals surface area contributed by atoms with Crippen molar-refractivity contribution in [1.29, 1.82) is 0 Å². The highest BCUT2D eigenvalue weighted by molar-refractivity contribution is 7.80. The summed E-state index contributed by atoms with van der Waals surface area (Å²) in [6.07, 6.45) is 1.46. The third kappa shape index (κ3) is 3.57. The molecule has 0 saturated carbocycles. The van der Waals surface area contributed by atoms with E-state index in [1.807, 2.05) is 30.3 Å². The summed E-state index contributed by atoms with van der Waals surface area (Å²) in [6, 6.07) is 11.2. The van der Waals surface area contributed by atoms with E-state index in [0.717, 1.165) is 28.1 Å². The van der Waals surface area contributed by atoms with Gasteiger partial charge in [-0.2, -0.15) is 0 Å². The van der Waals surface area contributed by atoms with Crippen molar-refractivity contribution in [3.05, 3.63) is 58.1 Å². The quantitative estimate of drug-likeness (QED) is 0.578. The molecular weight excluding hydrogens is 344 g/mol. The van der Waals surface area contributed by atoms with Crippen molar-refractivity contribution in [2.45, 2.75) is 19.4 Å². The molecule has 4 nitrogen and oxygen atoms in total. The number of benzene rings is 2. The van der Waals surface area contributed by atoms with Crippen LogP contribution < -0.4 is 5.32 Å². The Morgan fingerprint density at radius 1 is 1.21 bits per heavy atom. The van der Waals surface area contributed by atoms with Crippen LogP contribution in [0, 0.1) is 0 Å². The van der Waals surface area contributed by atoms with E-state index in [9.17, 15) is 10.2 Å². The fourth-order valence-electron chi connectivity index (χ4n) is 2.91. The van der Waals surface area contributed by atoms with Gasteiger partial charge in [0, 0.05) is 30.2 Å². The molecule has 0 unspecified atom stereocenters. The number of halogens is 1. The monoisotopic (exact) mass is 362 g/mol. The molecule has 0 amide bonds. The summed E-state index contributed by atoms with van der Waals surface area (Å²) in [5.41, 5.74) is 2.90. The number of thiocarbonyl (C=S) groups is 1. The molecule has 0 bridgehead atoms. The molecule has 0 aromatic heterocycles. The predicted octanol–water partition coefficient (Wildman–Crippen LogP) is 3.23. The van der Waals surface area contributed by atoms with Crippen LogP contribution in [-0.4, -0.2) is 33.3 Å². The van der Waals surface area contributed by atoms with Gasteiger partial charge >= 0.3 is 0 Å². The second kappa shape index (κ2) is 7.28. The first kappa shape index (κ1) is 16.9. The smallest absolute Gasteiger partial charge is 0.169 e. The SMILES string of the molecule is Oc1ccc2c(c1O)CCN(C(=S)NCCc1ccccc1Cl)C2. The van der Waals surface area contributed by atoms with E-state index in [2.05, 4.69) is 10.2 Å². The second-order valence-electron chi connectivity index (χ2n) is 5.82. The molecule has 3 rings (SSSR count). The molecule has 126 valence electrons. The number of hydrogen-bond donors (Lipinski definition) is 3. The summed E-state index contributed by atoms with van der Waals surface area (Å²) < 4.78 is 0. The second-order valence-corrected chi connectivity index (χ2v) is 6.61. The van der Waals surface area contributed by atoms with E-state index >= 15 is 0 Å². The Labute approximate surface area is 151 Å². The predicted molar refractivity (Wildman–Crippen MR) is 99.6 cm³/mol. The molecule has 0 saturated heterocycles. The third-order valence-corrected chi connectivity index (χ3v) is 5.04. The fraction of sp³-hybridized carbons (Fsp3) is 0.278. The Kier molecular flexibility index (Phi) is 5.11. The Morgan fingerprint density at radius 2 is 2.00 bits per heavy atom. The summed E-state index contributed by atoms with van der Waals surface area (Å²) in [5.74, 6) is -0.0765. The van der Waals surface area contributed by atoms with Crippen LogP contribution in [0.4, 0.5) is 0 Å². The first-order valence-corrected chi connectivity index (χ1v) is 8.63. The highest BCUT2D eigenvalue weighted by Crippen LogP contribution is 2.34. The number of rotatable bonds is 3. The van der Waals surface area contributed by atoms with Crippen molar-refractivity contribution in [1.82, 2.24) is 10.2 Å². The van der Waals surface area contributed by atoms with Crippen LogP contribution in [0.2, 0.25) is 5.02 Å². The molecule has 1 aliphatic heterocycles. The molecule has 2 aromatic carbocycles. The summed E-state index contributed by atoms with van der Waals surface area (Å²) in [7, 11) is 0. The van der Waals surface area contributed by atoms with Crippen LogP contribution in [0.25, 0.3) is 0 Å². The topological polar surface area (TPSA) is 55.7 Å². The molecule has 2 aromatic rings. The van der Waals surface area contributed by atoms with E-state index in [-0.39, 0.29) is 11.5 Å². The number of fused-ring (bicyclic) bond motifs is 1. The number of nitrogens with zero attached hydrogens (tertiary/aromatic N) is 1. The number of phenolic OH excluding ortho intramolecular Hbond substituents is 2. The summed E-state index contributed by atoms with van der Waals surface area (Å²) in [5, 5.41) is 24.3. The van der Waals surface area contributed by atoms with E-state index in [4.69, 9.17) is 23.8 Å². The van der Waals surface area contributed by atoms with Gasteiger partial charge in [0.15, 0.2) is 16.6 Å². The van der Waals surface area contributed by atoms with Gasteiger partial charge in [-0.15, -0.1) is 0 Å². The van der Waals surface area contributed by atoms with Crippen LogP contribution in [0.3, 0.4) is 0 Å². The van der Waals surface area contributed by atoms with Crippen molar-refractivity contribution in [3.63, 3.8) is 0 Å². The molecule has 0 radical (unpaired) electrons. The minimum Gasteiger partial charge on any atom is -0.504 e.